The maximum absolute atomic E-state index is 12.3. The number of halogens is 2. The molecule has 18 heavy (non-hydrogen) atoms. The minimum atomic E-state index is -1.37. The predicted octanol–water partition coefficient (Wildman–Crippen LogP) is 3.74. The lowest BCUT2D eigenvalue weighted by atomic mass is 9.67. The van der Waals surface area contributed by atoms with Crippen molar-refractivity contribution in [1.82, 2.24) is 0 Å². The highest BCUT2D eigenvalue weighted by atomic mass is 35.5. The third-order valence-electron chi connectivity index (χ3n) is 3.38. The predicted molar refractivity (Wildman–Crippen MR) is 75.2 cm³/mol. The van der Waals surface area contributed by atoms with Gasteiger partial charge in [0.1, 0.15) is 10.3 Å². The first-order valence-electron chi connectivity index (χ1n) is 5.97. The van der Waals surface area contributed by atoms with Crippen LogP contribution in [0.1, 0.15) is 41.5 Å². The summed E-state index contributed by atoms with van der Waals surface area (Å²) in [4.78, 5) is 23.3. The lowest BCUT2D eigenvalue weighted by molar-refractivity contribution is -0.127. The van der Waals surface area contributed by atoms with E-state index in [-0.39, 0.29) is 11.6 Å². The molecule has 0 aliphatic heterocycles. The first-order valence-corrected chi connectivity index (χ1v) is 6.78. The van der Waals surface area contributed by atoms with E-state index in [4.69, 9.17) is 23.2 Å². The molecule has 0 aromatic heterocycles. The summed E-state index contributed by atoms with van der Waals surface area (Å²) in [5.41, 5.74) is -0.545. The molecule has 0 spiro atoms. The summed E-state index contributed by atoms with van der Waals surface area (Å²) in [6.07, 6.45) is 1.37. The lowest BCUT2D eigenvalue weighted by Crippen LogP contribution is -2.57. The second kappa shape index (κ2) is 4.35. The number of hydrogen-bond donors (Lipinski definition) is 0. The molecule has 0 radical (unpaired) electrons. The van der Waals surface area contributed by atoms with Crippen molar-refractivity contribution < 1.29 is 9.59 Å². The molecule has 1 rings (SSSR count). The Bertz CT molecular complexity index is 424. The molecule has 0 N–H and O–H groups in total. The van der Waals surface area contributed by atoms with Gasteiger partial charge < -0.3 is 0 Å². The second-order valence-corrected chi connectivity index (χ2v) is 7.89. The van der Waals surface area contributed by atoms with E-state index >= 15 is 0 Å². The molecule has 4 heteroatoms. The Morgan fingerprint density at radius 3 is 1.89 bits per heavy atom. The van der Waals surface area contributed by atoms with Gasteiger partial charge in [-0.25, -0.2) is 0 Å². The Kier molecular flexibility index (Phi) is 3.79. The number of Topliss-reactive ketones (excluding diaryl/α,β-unsaturated/α-hetero) is 1. The van der Waals surface area contributed by atoms with Gasteiger partial charge in [-0.3, -0.25) is 9.59 Å². The molecule has 2 atom stereocenters. The number of ketones is 2. The van der Waals surface area contributed by atoms with Crippen molar-refractivity contribution in [1.29, 1.82) is 0 Å². The van der Waals surface area contributed by atoms with Crippen LogP contribution in [0.4, 0.5) is 0 Å². The number of carbonyl (C=O) groups excluding carboxylic acids is 2. The molecule has 0 bridgehead atoms. The molecule has 0 aromatic carbocycles. The fraction of sp³-hybridized carbons (Fsp3) is 0.714. The molecule has 102 valence electrons. The maximum Gasteiger partial charge on any atom is 0.179 e. The first-order chi connectivity index (χ1) is 7.83. The summed E-state index contributed by atoms with van der Waals surface area (Å²) in [5.74, 6) is -0.519. The maximum atomic E-state index is 12.3. The summed E-state index contributed by atoms with van der Waals surface area (Å²) in [5, 5.41) is -1.02. The molecule has 2 nitrogen and oxygen atoms in total. The van der Waals surface area contributed by atoms with Crippen molar-refractivity contribution in [3.63, 3.8) is 0 Å². The molecule has 0 aromatic rings. The van der Waals surface area contributed by atoms with Gasteiger partial charge in [-0.2, -0.15) is 0 Å². The van der Waals surface area contributed by atoms with Crippen LogP contribution in [0, 0.1) is 10.8 Å². The van der Waals surface area contributed by atoms with Gasteiger partial charge in [0.05, 0.1) is 0 Å². The number of carbonyl (C=O) groups is 2. The average Bonchev–Trinajstić information content (AvgIpc) is 2.16. The van der Waals surface area contributed by atoms with E-state index in [1.165, 1.54) is 6.08 Å². The Balaban J connectivity index is 3.42. The molecule has 2 unspecified atom stereocenters. The molecule has 0 saturated carbocycles. The van der Waals surface area contributed by atoms with E-state index < -0.39 is 21.1 Å². The van der Waals surface area contributed by atoms with Gasteiger partial charge in [0.2, 0.25) is 0 Å². The van der Waals surface area contributed by atoms with Crippen molar-refractivity contribution in [3.8, 4) is 0 Å². The van der Waals surface area contributed by atoms with Crippen LogP contribution in [0.2, 0.25) is 0 Å². The van der Waals surface area contributed by atoms with E-state index in [9.17, 15) is 9.59 Å². The van der Waals surface area contributed by atoms with Gasteiger partial charge in [0, 0.05) is 5.57 Å². The van der Waals surface area contributed by atoms with Crippen molar-refractivity contribution in [2.45, 2.75) is 51.8 Å². The summed E-state index contributed by atoms with van der Waals surface area (Å²) in [7, 11) is 0. The minimum absolute atomic E-state index is 0.242. The third kappa shape index (κ3) is 2.25. The first kappa shape index (κ1) is 15.7. The second-order valence-electron chi connectivity index (χ2n) is 6.86. The van der Waals surface area contributed by atoms with Crippen molar-refractivity contribution in [2.24, 2.45) is 10.8 Å². The van der Waals surface area contributed by atoms with Gasteiger partial charge in [0.15, 0.2) is 11.6 Å². The Morgan fingerprint density at radius 2 is 1.56 bits per heavy atom. The van der Waals surface area contributed by atoms with Gasteiger partial charge in [0.25, 0.3) is 0 Å². The normalized spacial score (nSPS) is 30.4. The lowest BCUT2D eigenvalue weighted by Gasteiger charge is -2.43. The van der Waals surface area contributed by atoms with Crippen molar-refractivity contribution in [2.75, 3.05) is 0 Å². The number of alkyl halides is 2. The van der Waals surface area contributed by atoms with Crippen LogP contribution in [-0.4, -0.2) is 21.8 Å². The SMILES string of the molecule is CC(C)(C)C1=CC(=O)C(Cl)(C(C)(C)C)C(Cl)C1=O. The average molecular weight is 291 g/mol. The summed E-state index contributed by atoms with van der Waals surface area (Å²) in [6.45, 7) is 11.1. The van der Waals surface area contributed by atoms with Crippen molar-refractivity contribution in [3.05, 3.63) is 11.6 Å². The standard InChI is InChI=1S/C14H20Cl2O2/c1-12(2,3)8-7-9(17)14(16,13(4,5)6)11(15)10(8)18/h7,11H,1-6H3. The van der Waals surface area contributed by atoms with E-state index in [0.29, 0.717) is 5.57 Å². The molecular weight excluding hydrogens is 271 g/mol. The molecule has 0 saturated heterocycles. The highest BCUT2D eigenvalue weighted by molar-refractivity contribution is 6.50. The fourth-order valence-corrected chi connectivity index (χ4v) is 2.79. The Labute approximate surface area is 119 Å². The number of rotatable bonds is 0. The quantitative estimate of drug-likeness (QED) is 0.637. The van der Waals surface area contributed by atoms with Crippen molar-refractivity contribution >= 4 is 34.8 Å². The summed E-state index contributed by atoms with van der Waals surface area (Å²) in [6, 6.07) is 0. The minimum Gasteiger partial charge on any atom is -0.293 e. The summed E-state index contributed by atoms with van der Waals surface area (Å²) < 4.78 is 0. The topological polar surface area (TPSA) is 34.1 Å². The fourth-order valence-electron chi connectivity index (χ4n) is 2.09. The van der Waals surface area contributed by atoms with Crippen LogP contribution in [0.3, 0.4) is 0 Å². The Hall–Kier alpha value is -0.340. The number of allylic oxidation sites excluding steroid dienone is 2. The van der Waals surface area contributed by atoms with Gasteiger partial charge in [-0.05, 0) is 16.9 Å². The van der Waals surface area contributed by atoms with Gasteiger partial charge in [-0.1, -0.05) is 41.5 Å². The van der Waals surface area contributed by atoms with Crippen LogP contribution in [0.15, 0.2) is 11.6 Å². The van der Waals surface area contributed by atoms with E-state index in [0.717, 1.165) is 0 Å². The third-order valence-corrected chi connectivity index (χ3v) is 4.99. The number of hydrogen-bond acceptors (Lipinski definition) is 2. The highest BCUT2D eigenvalue weighted by Crippen LogP contribution is 2.47. The Morgan fingerprint density at radius 1 is 1.11 bits per heavy atom. The van der Waals surface area contributed by atoms with Gasteiger partial charge >= 0.3 is 0 Å². The molecule has 1 aliphatic carbocycles. The van der Waals surface area contributed by atoms with E-state index in [2.05, 4.69) is 0 Å². The van der Waals surface area contributed by atoms with Crippen LogP contribution in [0.5, 0.6) is 0 Å². The highest BCUT2D eigenvalue weighted by Gasteiger charge is 2.57. The molecule has 0 heterocycles. The van der Waals surface area contributed by atoms with E-state index in [1.54, 1.807) is 0 Å². The summed E-state index contributed by atoms with van der Waals surface area (Å²) >= 11 is 12.6. The monoisotopic (exact) mass is 290 g/mol. The van der Waals surface area contributed by atoms with Crippen LogP contribution in [0.25, 0.3) is 0 Å². The molecular formula is C14H20Cl2O2. The van der Waals surface area contributed by atoms with Crippen LogP contribution in [-0.2, 0) is 9.59 Å². The zero-order valence-electron chi connectivity index (χ0n) is 11.7. The van der Waals surface area contributed by atoms with E-state index in [1.807, 2.05) is 41.5 Å². The van der Waals surface area contributed by atoms with Crippen LogP contribution >= 0.6 is 23.2 Å². The largest absolute Gasteiger partial charge is 0.293 e. The zero-order valence-corrected chi connectivity index (χ0v) is 13.2. The smallest absolute Gasteiger partial charge is 0.179 e. The van der Waals surface area contributed by atoms with Gasteiger partial charge in [-0.15, -0.1) is 23.2 Å². The molecule has 1 aliphatic rings. The molecule has 0 amide bonds. The van der Waals surface area contributed by atoms with Crippen LogP contribution < -0.4 is 0 Å². The zero-order chi connectivity index (χ0) is 14.5. The molecule has 0 fully saturated rings.